The summed E-state index contributed by atoms with van der Waals surface area (Å²) in [7, 11) is 1.23. The average molecular weight is 356 g/mol. The normalized spacial score (nSPS) is 26.2. The summed E-state index contributed by atoms with van der Waals surface area (Å²) in [6.45, 7) is 0.250. The van der Waals surface area contributed by atoms with E-state index in [-0.39, 0.29) is 37.7 Å². The number of alkyl halides is 2. The van der Waals surface area contributed by atoms with E-state index in [1.54, 1.807) is 12.1 Å². The van der Waals surface area contributed by atoms with E-state index in [1.165, 1.54) is 19.2 Å². The van der Waals surface area contributed by atoms with Crippen molar-refractivity contribution in [3.05, 3.63) is 35.6 Å². The molecular formula is C18H23F3N2O2. The molecule has 2 atom stereocenters. The Balaban J connectivity index is 1.70. The Morgan fingerprint density at radius 2 is 1.96 bits per heavy atom. The van der Waals surface area contributed by atoms with E-state index in [1.807, 2.05) is 0 Å². The predicted molar refractivity (Wildman–Crippen MR) is 86.9 cm³/mol. The second-order valence-electron chi connectivity index (χ2n) is 6.99. The van der Waals surface area contributed by atoms with Crippen molar-refractivity contribution in [3.8, 4) is 0 Å². The lowest BCUT2D eigenvalue weighted by molar-refractivity contribution is -0.234. The van der Waals surface area contributed by atoms with Crippen LogP contribution in [0.15, 0.2) is 24.3 Å². The molecule has 1 saturated carbocycles. The van der Waals surface area contributed by atoms with E-state index in [0.29, 0.717) is 12.8 Å². The zero-order valence-electron chi connectivity index (χ0n) is 14.2. The molecule has 3 rings (SSSR count). The molecule has 4 nitrogen and oxygen atoms in total. The van der Waals surface area contributed by atoms with Gasteiger partial charge >= 0.3 is 5.92 Å². The Bertz CT molecular complexity index is 626. The first-order valence-electron chi connectivity index (χ1n) is 8.54. The number of nitrogens with zero attached hydrogens (tertiary/aromatic N) is 1. The maximum Gasteiger partial charge on any atom is 0.352 e. The van der Waals surface area contributed by atoms with Gasteiger partial charge in [-0.15, -0.1) is 0 Å². The molecule has 0 bridgehead atoms. The van der Waals surface area contributed by atoms with Crippen molar-refractivity contribution in [1.82, 2.24) is 4.90 Å². The lowest BCUT2D eigenvalue weighted by Crippen LogP contribution is -2.64. The summed E-state index contributed by atoms with van der Waals surface area (Å²) in [5, 5.41) is 0. The number of methoxy groups -OCH3 is 1. The molecule has 138 valence electrons. The molecule has 1 aromatic rings. The molecule has 1 aliphatic carbocycles. The van der Waals surface area contributed by atoms with Gasteiger partial charge in [0.15, 0.2) is 0 Å². The fourth-order valence-electron chi connectivity index (χ4n) is 3.83. The third-order valence-electron chi connectivity index (χ3n) is 5.64. The fraction of sp³-hybridized carbons (Fsp3) is 0.611. The molecule has 1 heterocycles. The molecule has 7 heteroatoms. The fourth-order valence-corrected chi connectivity index (χ4v) is 3.83. The van der Waals surface area contributed by atoms with Crippen LogP contribution in [0.1, 0.15) is 37.2 Å². The van der Waals surface area contributed by atoms with Gasteiger partial charge in [0.2, 0.25) is 0 Å². The van der Waals surface area contributed by atoms with Gasteiger partial charge in [-0.25, -0.2) is 4.39 Å². The smallest absolute Gasteiger partial charge is 0.352 e. The molecule has 2 aliphatic rings. The number of halogens is 3. The predicted octanol–water partition coefficient (Wildman–Crippen LogP) is 2.67. The second-order valence-corrected chi connectivity index (χ2v) is 6.99. The average Bonchev–Trinajstić information content (AvgIpc) is 2.54. The van der Waals surface area contributed by atoms with Crippen LogP contribution in [-0.2, 0) is 9.53 Å². The summed E-state index contributed by atoms with van der Waals surface area (Å²) >= 11 is 0. The number of carbonyl (C=O) groups is 1. The van der Waals surface area contributed by atoms with Gasteiger partial charge < -0.3 is 15.4 Å². The van der Waals surface area contributed by atoms with Gasteiger partial charge in [0.1, 0.15) is 11.4 Å². The number of likely N-dealkylation sites (tertiary alicyclic amines) is 1. The highest BCUT2D eigenvalue weighted by atomic mass is 19.3. The van der Waals surface area contributed by atoms with Crippen LogP contribution in [0.25, 0.3) is 0 Å². The van der Waals surface area contributed by atoms with Crippen molar-refractivity contribution in [2.24, 2.45) is 5.73 Å². The van der Waals surface area contributed by atoms with E-state index >= 15 is 0 Å². The number of ether oxygens (including phenoxy) is 1. The summed E-state index contributed by atoms with van der Waals surface area (Å²) < 4.78 is 47.5. The molecule has 0 unspecified atom stereocenters. The van der Waals surface area contributed by atoms with Crippen LogP contribution >= 0.6 is 0 Å². The Kier molecular flexibility index (Phi) is 4.81. The number of amides is 1. The van der Waals surface area contributed by atoms with Gasteiger partial charge in [-0.05, 0) is 43.4 Å². The summed E-state index contributed by atoms with van der Waals surface area (Å²) in [6, 6.07) is 5.54. The lowest BCUT2D eigenvalue weighted by atomic mass is 9.74. The molecule has 2 fully saturated rings. The molecular weight excluding hydrogens is 333 g/mol. The topological polar surface area (TPSA) is 55.6 Å². The van der Waals surface area contributed by atoms with E-state index in [9.17, 15) is 18.0 Å². The van der Waals surface area contributed by atoms with Crippen LogP contribution in [0.5, 0.6) is 0 Å². The van der Waals surface area contributed by atoms with Crippen molar-refractivity contribution in [2.75, 3.05) is 20.2 Å². The minimum absolute atomic E-state index is 0.0518. The maximum absolute atomic E-state index is 14.7. The highest BCUT2D eigenvalue weighted by molar-refractivity contribution is 5.85. The summed E-state index contributed by atoms with van der Waals surface area (Å²) in [4.78, 5) is 13.6. The Morgan fingerprint density at radius 1 is 1.32 bits per heavy atom. The third kappa shape index (κ3) is 3.04. The van der Waals surface area contributed by atoms with Gasteiger partial charge in [-0.1, -0.05) is 12.1 Å². The van der Waals surface area contributed by atoms with Crippen molar-refractivity contribution in [2.45, 2.75) is 49.2 Å². The zero-order chi connectivity index (χ0) is 18.2. The quantitative estimate of drug-likeness (QED) is 0.902. The summed E-state index contributed by atoms with van der Waals surface area (Å²) in [5.74, 6) is -5.18. The van der Waals surface area contributed by atoms with Crippen LogP contribution in [0.4, 0.5) is 13.2 Å². The number of hydrogen-bond acceptors (Lipinski definition) is 3. The minimum Gasteiger partial charge on any atom is -0.371 e. The largest absolute Gasteiger partial charge is 0.371 e. The van der Waals surface area contributed by atoms with Crippen molar-refractivity contribution < 1.29 is 22.7 Å². The lowest BCUT2D eigenvalue weighted by Gasteiger charge is -2.47. The number of hydrogen-bond donors (Lipinski definition) is 1. The van der Waals surface area contributed by atoms with E-state index < -0.39 is 23.5 Å². The van der Waals surface area contributed by atoms with Gasteiger partial charge in [-0.3, -0.25) is 4.79 Å². The van der Waals surface area contributed by atoms with Gasteiger partial charge in [0, 0.05) is 32.2 Å². The van der Waals surface area contributed by atoms with Crippen molar-refractivity contribution >= 4 is 5.91 Å². The number of rotatable bonds is 4. The molecule has 2 N–H and O–H groups in total. The maximum atomic E-state index is 14.7. The number of nitrogens with two attached hydrogens (primary N) is 1. The van der Waals surface area contributed by atoms with Crippen LogP contribution in [0.2, 0.25) is 0 Å². The molecule has 0 spiro atoms. The molecule has 0 aromatic heterocycles. The minimum atomic E-state index is -3.55. The summed E-state index contributed by atoms with van der Waals surface area (Å²) in [6.07, 6.45) is 1.46. The van der Waals surface area contributed by atoms with Gasteiger partial charge in [0.05, 0.1) is 0 Å². The van der Waals surface area contributed by atoms with Crippen LogP contribution in [0.3, 0.4) is 0 Å². The van der Waals surface area contributed by atoms with E-state index in [4.69, 9.17) is 10.5 Å². The molecule has 1 aliphatic heterocycles. The Morgan fingerprint density at radius 3 is 2.44 bits per heavy atom. The van der Waals surface area contributed by atoms with Crippen molar-refractivity contribution in [3.63, 3.8) is 0 Å². The number of carbonyl (C=O) groups excluding carboxylic acids is 1. The van der Waals surface area contributed by atoms with Crippen LogP contribution in [0, 0.1) is 5.82 Å². The third-order valence-corrected chi connectivity index (χ3v) is 5.64. The highest BCUT2D eigenvalue weighted by Crippen LogP contribution is 2.48. The first kappa shape index (κ1) is 18.2. The first-order valence-corrected chi connectivity index (χ1v) is 8.54. The van der Waals surface area contributed by atoms with Gasteiger partial charge in [-0.2, -0.15) is 8.78 Å². The molecule has 1 aromatic carbocycles. The monoisotopic (exact) mass is 356 g/mol. The standard InChI is InChI=1S/C18H23F3N2O2/c1-25-17(8-2-9-17)18(20,21)16(24)23-10-7-14(15(22)11-23)12-3-5-13(19)6-4-12/h3-6,14-15H,2,7-11,22H2,1H3/t14-,15+/m1/s1. The molecule has 0 radical (unpaired) electrons. The van der Waals surface area contributed by atoms with Crippen LogP contribution in [-0.4, -0.2) is 48.6 Å². The Labute approximate surface area is 145 Å². The number of piperidine rings is 1. The van der Waals surface area contributed by atoms with Crippen LogP contribution < -0.4 is 5.73 Å². The van der Waals surface area contributed by atoms with E-state index in [0.717, 1.165) is 10.5 Å². The zero-order valence-corrected chi connectivity index (χ0v) is 14.2. The van der Waals surface area contributed by atoms with Gasteiger partial charge in [0.25, 0.3) is 5.91 Å². The van der Waals surface area contributed by atoms with Crippen molar-refractivity contribution in [1.29, 1.82) is 0 Å². The molecule has 1 saturated heterocycles. The highest BCUT2D eigenvalue weighted by Gasteiger charge is 2.63. The SMILES string of the molecule is COC1(C(F)(F)C(=O)N2CC[C@H](c3ccc(F)cc3)[C@@H](N)C2)CCC1. The summed E-state index contributed by atoms with van der Waals surface area (Å²) in [5.41, 5.74) is 5.33. The van der Waals surface area contributed by atoms with E-state index in [2.05, 4.69) is 0 Å². The first-order chi connectivity index (χ1) is 11.8. The Hall–Kier alpha value is -1.60. The number of benzene rings is 1. The second kappa shape index (κ2) is 6.61. The molecule has 1 amide bonds. The molecule has 25 heavy (non-hydrogen) atoms.